The van der Waals surface area contributed by atoms with Crippen LogP contribution in [0.3, 0.4) is 0 Å². The van der Waals surface area contributed by atoms with E-state index >= 15 is 0 Å². The van der Waals surface area contributed by atoms with Crippen molar-refractivity contribution in [2.24, 2.45) is 0 Å². The smallest absolute Gasteiger partial charge is 0.102 e. The van der Waals surface area contributed by atoms with Crippen molar-refractivity contribution >= 4 is 0 Å². The van der Waals surface area contributed by atoms with Gasteiger partial charge in [0, 0.05) is 6.04 Å². The van der Waals surface area contributed by atoms with Crippen LogP contribution in [0.2, 0.25) is 0 Å². The largest absolute Gasteiger partial charge is 0.379 e. The summed E-state index contributed by atoms with van der Waals surface area (Å²) in [5, 5.41) is 11.6. The van der Waals surface area contributed by atoms with Gasteiger partial charge in [0.25, 0.3) is 0 Å². The predicted molar refractivity (Wildman–Crippen MR) is 27.8 cm³/mol. The van der Waals surface area contributed by atoms with Gasteiger partial charge >= 0.3 is 0 Å². The van der Waals surface area contributed by atoms with Crippen molar-refractivity contribution < 1.29 is 5.11 Å². The molecular weight excluding hydrogens is 90.1 g/mol. The molecule has 0 aromatic carbocycles. The van der Waals surface area contributed by atoms with E-state index in [-0.39, 0.29) is 6.23 Å². The fraction of sp³-hybridized carbons (Fsp3) is 1.00. The van der Waals surface area contributed by atoms with Crippen molar-refractivity contribution in [1.29, 1.82) is 0 Å². The minimum absolute atomic E-state index is 0.313. The maximum absolute atomic E-state index is 8.65. The third-order valence-corrected chi connectivity index (χ3v) is 1.05. The number of hydrogen-bond donors (Lipinski definition) is 2. The van der Waals surface area contributed by atoms with Crippen molar-refractivity contribution in [1.82, 2.24) is 5.32 Å². The van der Waals surface area contributed by atoms with E-state index in [0.29, 0.717) is 6.04 Å². The third kappa shape index (κ3) is 1.90. The summed E-state index contributed by atoms with van der Waals surface area (Å²) in [6.07, 6.45) is 2.17. The first-order valence-electron chi connectivity index (χ1n) is 2.73. The molecule has 2 nitrogen and oxygen atoms in total. The summed E-state index contributed by atoms with van der Waals surface area (Å²) < 4.78 is 0. The first kappa shape index (κ1) is 5.06. The van der Waals surface area contributed by atoms with Crippen molar-refractivity contribution in [3.05, 3.63) is 0 Å². The van der Waals surface area contributed by atoms with E-state index in [9.17, 15) is 0 Å². The molecule has 0 amide bonds. The molecular formula is C5H11NO. The second kappa shape index (κ2) is 1.80. The van der Waals surface area contributed by atoms with Crippen LogP contribution in [0.5, 0.6) is 0 Å². The van der Waals surface area contributed by atoms with Crippen LogP contribution in [0.1, 0.15) is 19.8 Å². The molecule has 7 heavy (non-hydrogen) atoms. The molecule has 1 fully saturated rings. The highest BCUT2D eigenvalue weighted by Crippen LogP contribution is 2.18. The number of hydrogen-bond acceptors (Lipinski definition) is 2. The van der Waals surface area contributed by atoms with Crippen LogP contribution in [-0.2, 0) is 0 Å². The van der Waals surface area contributed by atoms with Gasteiger partial charge in [-0.2, -0.15) is 0 Å². The Hall–Kier alpha value is -0.0800. The molecule has 1 saturated carbocycles. The highest BCUT2D eigenvalue weighted by atomic mass is 16.3. The Morgan fingerprint density at radius 3 is 2.43 bits per heavy atom. The van der Waals surface area contributed by atoms with Crippen molar-refractivity contribution in [2.45, 2.75) is 32.0 Å². The molecule has 0 aliphatic heterocycles. The first-order chi connectivity index (χ1) is 3.29. The zero-order valence-corrected chi connectivity index (χ0v) is 4.52. The SMILES string of the molecule is CC(O)NC1CC1. The van der Waals surface area contributed by atoms with Crippen molar-refractivity contribution in [3.63, 3.8) is 0 Å². The number of rotatable bonds is 2. The van der Waals surface area contributed by atoms with Gasteiger partial charge in [-0.15, -0.1) is 0 Å². The van der Waals surface area contributed by atoms with Gasteiger partial charge < -0.3 is 5.11 Å². The van der Waals surface area contributed by atoms with Crippen LogP contribution in [0.15, 0.2) is 0 Å². The summed E-state index contributed by atoms with van der Waals surface area (Å²) in [4.78, 5) is 0. The Balaban J connectivity index is 1.97. The quantitative estimate of drug-likeness (QED) is 0.483. The molecule has 1 aliphatic carbocycles. The Morgan fingerprint density at radius 1 is 1.71 bits per heavy atom. The van der Waals surface area contributed by atoms with E-state index in [1.165, 1.54) is 12.8 Å². The zero-order chi connectivity index (χ0) is 5.28. The summed E-state index contributed by atoms with van der Waals surface area (Å²) >= 11 is 0. The summed E-state index contributed by atoms with van der Waals surface area (Å²) in [6, 6.07) is 0.625. The molecule has 0 bridgehead atoms. The summed E-state index contributed by atoms with van der Waals surface area (Å²) in [5.74, 6) is 0. The fourth-order valence-electron chi connectivity index (χ4n) is 0.591. The predicted octanol–water partition coefficient (Wildman–Crippen LogP) is 0.0767. The molecule has 1 atom stereocenters. The molecule has 0 radical (unpaired) electrons. The molecule has 0 aromatic heterocycles. The lowest BCUT2D eigenvalue weighted by Gasteiger charge is -2.02. The monoisotopic (exact) mass is 101 g/mol. The summed E-state index contributed by atoms with van der Waals surface area (Å²) in [5.41, 5.74) is 0. The van der Waals surface area contributed by atoms with Crippen LogP contribution in [0.25, 0.3) is 0 Å². The van der Waals surface area contributed by atoms with Crippen LogP contribution < -0.4 is 5.32 Å². The van der Waals surface area contributed by atoms with E-state index in [1.54, 1.807) is 6.92 Å². The average Bonchev–Trinajstić information content (AvgIpc) is 2.17. The van der Waals surface area contributed by atoms with Crippen LogP contribution in [-0.4, -0.2) is 17.4 Å². The molecule has 2 heteroatoms. The molecule has 0 aromatic rings. The van der Waals surface area contributed by atoms with Crippen molar-refractivity contribution in [2.75, 3.05) is 0 Å². The molecule has 1 rings (SSSR count). The molecule has 0 spiro atoms. The van der Waals surface area contributed by atoms with Gasteiger partial charge in [0.1, 0.15) is 6.23 Å². The standard InChI is InChI=1S/C5H11NO/c1-4(7)6-5-2-3-5/h4-7H,2-3H2,1H3. The maximum atomic E-state index is 8.65. The minimum atomic E-state index is -0.313. The van der Waals surface area contributed by atoms with Crippen LogP contribution in [0.4, 0.5) is 0 Å². The molecule has 0 saturated heterocycles. The van der Waals surface area contributed by atoms with Crippen LogP contribution in [0, 0.1) is 0 Å². The van der Waals surface area contributed by atoms with Gasteiger partial charge in [-0.05, 0) is 19.8 Å². The van der Waals surface area contributed by atoms with Gasteiger partial charge in [-0.3, -0.25) is 5.32 Å². The van der Waals surface area contributed by atoms with Gasteiger partial charge in [-0.25, -0.2) is 0 Å². The molecule has 42 valence electrons. The van der Waals surface area contributed by atoms with E-state index in [2.05, 4.69) is 5.32 Å². The van der Waals surface area contributed by atoms with Gasteiger partial charge in [0.05, 0.1) is 0 Å². The fourth-order valence-corrected chi connectivity index (χ4v) is 0.591. The number of aliphatic hydroxyl groups excluding tert-OH is 1. The van der Waals surface area contributed by atoms with E-state index in [4.69, 9.17) is 5.11 Å². The topological polar surface area (TPSA) is 32.3 Å². The Kier molecular flexibility index (Phi) is 1.30. The number of aliphatic hydroxyl groups is 1. The maximum Gasteiger partial charge on any atom is 0.102 e. The van der Waals surface area contributed by atoms with E-state index in [1.807, 2.05) is 0 Å². The molecule has 1 aliphatic rings. The highest BCUT2D eigenvalue weighted by Gasteiger charge is 2.21. The lowest BCUT2D eigenvalue weighted by Crippen LogP contribution is -2.26. The lowest BCUT2D eigenvalue weighted by molar-refractivity contribution is 0.154. The highest BCUT2D eigenvalue weighted by molar-refractivity contribution is 4.80. The minimum Gasteiger partial charge on any atom is -0.379 e. The van der Waals surface area contributed by atoms with Crippen LogP contribution >= 0.6 is 0 Å². The normalized spacial score (nSPS) is 24.9. The molecule has 1 unspecified atom stereocenters. The number of nitrogens with one attached hydrogen (secondary N) is 1. The zero-order valence-electron chi connectivity index (χ0n) is 4.52. The molecule has 2 N–H and O–H groups in total. The second-order valence-corrected chi connectivity index (χ2v) is 2.12. The molecule has 0 heterocycles. The Morgan fingerprint density at radius 2 is 2.29 bits per heavy atom. The first-order valence-corrected chi connectivity index (χ1v) is 2.73. The summed E-state index contributed by atoms with van der Waals surface area (Å²) in [6.45, 7) is 1.75. The van der Waals surface area contributed by atoms with Gasteiger partial charge in [0.2, 0.25) is 0 Å². The third-order valence-electron chi connectivity index (χ3n) is 1.05. The van der Waals surface area contributed by atoms with Gasteiger partial charge in [-0.1, -0.05) is 0 Å². The lowest BCUT2D eigenvalue weighted by atomic mass is 10.6. The van der Waals surface area contributed by atoms with E-state index in [0.717, 1.165) is 0 Å². The summed E-state index contributed by atoms with van der Waals surface area (Å²) in [7, 11) is 0. The Labute approximate surface area is 43.5 Å². The van der Waals surface area contributed by atoms with E-state index < -0.39 is 0 Å². The average molecular weight is 101 g/mol. The second-order valence-electron chi connectivity index (χ2n) is 2.12. The van der Waals surface area contributed by atoms with Gasteiger partial charge in [0.15, 0.2) is 0 Å². The van der Waals surface area contributed by atoms with Crippen molar-refractivity contribution in [3.8, 4) is 0 Å². The Bertz CT molecular complexity index is 59.1.